The van der Waals surface area contributed by atoms with Crippen molar-refractivity contribution >= 4 is 6.09 Å². The van der Waals surface area contributed by atoms with Crippen LogP contribution in [0.15, 0.2) is 30.0 Å². The fourth-order valence-electron chi connectivity index (χ4n) is 2.34. The minimum absolute atomic E-state index is 0.484. The van der Waals surface area contributed by atoms with Gasteiger partial charge in [0.1, 0.15) is 5.69 Å². The number of hydrogen-bond donors (Lipinski definition) is 1. The molecule has 1 aromatic heterocycles. The quantitative estimate of drug-likeness (QED) is 0.741. The molecule has 2 heterocycles. The summed E-state index contributed by atoms with van der Waals surface area (Å²) in [6, 6.07) is 5.27. The molecule has 1 amide bonds. The van der Waals surface area contributed by atoms with E-state index in [0.717, 1.165) is 5.57 Å². The highest BCUT2D eigenvalue weighted by molar-refractivity contribution is 5.68. The zero-order valence-corrected chi connectivity index (χ0v) is 11.9. The van der Waals surface area contributed by atoms with E-state index in [1.807, 2.05) is 19.9 Å². The average Bonchev–Trinajstić information content (AvgIpc) is 2.74. The van der Waals surface area contributed by atoms with Crippen molar-refractivity contribution in [3.63, 3.8) is 0 Å². The Kier molecular flexibility index (Phi) is 3.95. The molecular formula is C16H15N3O2. The summed E-state index contributed by atoms with van der Waals surface area (Å²) in [6.07, 6.45) is 3.06. The Labute approximate surface area is 123 Å². The van der Waals surface area contributed by atoms with Gasteiger partial charge >= 0.3 is 6.09 Å². The number of carbonyl (C=O) groups is 1. The Morgan fingerprint density at radius 2 is 2.33 bits per heavy atom. The highest BCUT2D eigenvalue weighted by atomic mass is 16.4. The largest absolute Gasteiger partial charge is 0.465 e. The Morgan fingerprint density at radius 1 is 1.57 bits per heavy atom. The second-order valence-electron chi connectivity index (χ2n) is 5.22. The lowest BCUT2D eigenvalue weighted by atomic mass is 9.95. The van der Waals surface area contributed by atoms with E-state index >= 15 is 0 Å². The molecule has 1 N–H and O–H groups in total. The number of nitriles is 1. The van der Waals surface area contributed by atoms with Crippen LogP contribution in [0, 0.1) is 23.2 Å². The van der Waals surface area contributed by atoms with Crippen molar-refractivity contribution in [3.8, 4) is 17.9 Å². The van der Waals surface area contributed by atoms with Gasteiger partial charge in [0, 0.05) is 12.7 Å². The van der Waals surface area contributed by atoms with Crippen molar-refractivity contribution < 1.29 is 9.90 Å². The second kappa shape index (κ2) is 5.68. The van der Waals surface area contributed by atoms with Gasteiger partial charge < -0.3 is 5.11 Å². The molecule has 0 spiro atoms. The van der Waals surface area contributed by atoms with Gasteiger partial charge in [0.05, 0.1) is 17.2 Å². The van der Waals surface area contributed by atoms with Crippen molar-refractivity contribution in [2.24, 2.45) is 0 Å². The van der Waals surface area contributed by atoms with E-state index < -0.39 is 11.6 Å². The van der Waals surface area contributed by atoms with Gasteiger partial charge in [-0.3, -0.25) is 4.90 Å². The van der Waals surface area contributed by atoms with Crippen molar-refractivity contribution in [1.29, 1.82) is 5.26 Å². The first-order valence-corrected chi connectivity index (χ1v) is 6.53. The standard InChI is InChI=1S/C16H15N3O2/c1-16(2)13(7-9-19(16)15(20)21)4-3-5-14-10-12(11-17)6-8-18-14/h4,6,8,10H,7,9H2,1-2H3,(H,20,21)/b13-4+. The van der Waals surface area contributed by atoms with Crippen LogP contribution in [-0.2, 0) is 0 Å². The monoisotopic (exact) mass is 281 g/mol. The topological polar surface area (TPSA) is 77.2 Å². The van der Waals surface area contributed by atoms with Gasteiger partial charge in [-0.2, -0.15) is 5.26 Å². The Balaban J connectivity index is 2.21. The predicted octanol–water partition coefficient (Wildman–Crippen LogP) is 2.39. The van der Waals surface area contributed by atoms with Gasteiger partial charge in [-0.1, -0.05) is 5.92 Å². The van der Waals surface area contributed by atoms with Gasteiger partial charge in [-0.25, -0.2) is 9.78 Å². The fraction of sp³-hybridized carbons (Fsp3) is 0.312. The lowest BCUT2D eigenvalue weighted by Gasteiger charge is -2.29. The van der Waals surface area contributed by atoms with E-state index in [9.17, 15) is 4.79 Å². The maximum absolute atomic E-state index is 11.2. The third-order valence-electron chi connectivity index (χ3n) is 3.63. The minimum Gasteiger partial charge on any atom is -0.465 e. The molecule has 2 rings (SSSR count). The number of carboxylic acid groups (broad SMARTS) is 1. The van der Waals surface area contributed by atoms with Crippen molar-refractivity contribution in [2.75, 3.05) is 6.54 Å². The molecule has 0 aromatic carbocycles. The number of amides is 1. The summed E-state index contributed by atoms with van der Waals surface area (Å²) in [7, 11) is 0. The third kappa shape index (κ3) is 3.04. The summed E-state index contributed by atoms with van der Waals surface area (Å²) in [6.45, 7) is 4.23. The van der Waals surface area contributed by atoms with Crippen LogP contribution in [0.5, 0.6) is 0 Å². The number of pyridine rings is 1. The zero-order chi connectivity index (χ0) is 15.5. The molecule has 5 heteroatoms. The summed E-state index contributed by atoms with van der Waals surface area (Å²) in [5.74, 6) is 5.78. The number of nitrogens with zero attached hydrogens (tertiary/aromatic N) is 3. The van der Waals surface area contributed by atoms with Gasteiger partial charge in [0.15, 0.2) is 0 Å². The van der Waals surface area contributed by atoms with Crippen molar-refractivity contribution in [1.82, 2.24) is 9.88 Å². The Morgan fingerprint density at radius 3 is 2.95 bits per heavy atom. The molecular weight excluding hydrogens is 266 g/mol. The normalized spacial score (nSPS) is 18.0. The van der Waals surface area contributed by atoms with E-state index in [2.05, 4.69) is 16.8 Å². The number of allylic oxidation sites excluding steroid dienone is 1. The van der Waals surface area contributed by atoms with Crippen LogP contribution in [0.2, 0.25) is 0 Å². The van der Waals surface area contributed by atoms with Gasteiger partial charge in [-0.05, 0) is 50.0 Å². The number of likely N-dealkylation sites (tertiary alicyclic amines) is 1. The first-order valence-electron chi connectivity index (χ1n) is 6.53. The molecule has 21 heavy (non-hydrogen) atoms. The molecule has 0 bridgehead atoms. The van der Waals surface area contributed by atoms with E-state index in [4.69, 9.17) is 10.4 Å². The molecule has 0 atom stereocenters. The van der Waals surface area contributed by atoms with E-state index in [0.29, 0.717) is 24.2 Å². The summed E-state index contributed by atoms with van der Waals surface area (Å²) < 4.78 is 0. The van der Waals surface area contributed by atoms with Gasteiger partial charge in [0.2, 0.25) is 0 Å². The lowest BCUT2D eigenvalue weighted by Crippen LogP contribution is -2.42. The predicted molar refractivity (Wildman–Crippen MR) is 77.3 cm³/mol. The zero-order valence-electron chi connectivity index (χ0n) is 11.9. The summed E-state index contributed by atoms with van der Waals surface area (Å²) in [5.41, 5.74) is 1.48. The molecule has 1 aromatic rings. The molecule has 5 nitrogen and oxygen atoms in total. The lowest BCUT2D eigenvalue weighted by molar-refractivity contribution is 0.124. The molecule has 1 fully saturated rings. The Bertz CT molecular complexity index is 702. The molecule has 106 valence electrons. The third-order valence-corrected chi connectivity index (χ3v) is 3.63. The van der Waals surface area contributed by atoms with Crippen LogP contribution in [0.25, 0.3) is 0 Å². The van der Waals surface area contributed by atoms with Crippen LogP contribution >= 0.6 is 0 Å². The Hall–Kier alpha value is -2.79. The number of hydrogen-bond acceptors (Lipinski definition) is 3. The van der Waals surface area contributed by atoms with E-state index in [1.54, 1.807) is 24.4 Å². The highest BCUT2D eigenvalue weighted by Crippen LogP contribution is 2.33. The van der Waals surface area contributed by atoms with Gasteiger partial charge in [-0.15, -0.1) is 0 Å². The average molecular weight is 281 g/mol. The SMILES string of the molecule is CC1(C)/C(=C/C#Cc2cc(C#N)ccn2)CCN1C(=O)O. The number of aromatic nitrogens is 1. The molecule has 0 aliphatic carbocycles. The first-order chi connectivity index (χ1) is 9.95. The fourth-order valence-corrected chi connectivity index (χ4v) is 2.34. The molecule has 1 aliphatic rings. The van der Waals surface area contributed by atoms with Crippen molar-refractivity contribution in [2.45, 2.75) is 25.8 Å². The van der Waals surface area contributed by atoms with Crippen LogP contribution in [0.3, 0.4) is 0 Å². The first kappa shape index (κ1) is 14.6. The maximum atomic E-state index is 11.2. The number of rotatable bonds is 0. The smallest absolute Gasteiger partial charge is 0.408 e. The minimum atomic E-state index is -0.917. The summed E-state index contributed by atoms with van der Waals surface area (Å²) in [4.78, 5) is 16.6. The summed E-state index contributed by atoms with van der Waals surface area (Å²) in [5, 5.41) is 18.0. The maximum Gasteiger partial charge on any atom is 0.408 e. The van der Waals surface area contributed by atoms with E-state index in [1.165, 1.54) is 4.90 Å². The van der Waals surface area contributed by atoms with Gasteiger partial charge in [0.25, 0.3) is 0 Å². The highest BCUT2D eigenvalue weighted by Gasteiger charge is 2.39. The molecule has 1 aliphatic heterocycles. The second-order valence-corrected chi connectivity index (χ2v) is 5.22. The van der Waals surface area contributed by atoms with Crippen LogP contribution in [0.1, 0.15) is 31.5 Å². The molecule has 0 unspecified atom stereocenters. The van der Waals surface area contributed by atoms with Crippen LogP contribution in [-0.4, -0.2) is 33.2 Å². The molecule has 0 saturated carbocycles. The van der Waals surface area contributed by atoms with E-state index in [-0.39, 0.29) is 0 Å². The summed E-state index contributed by atoms with van der Waals surface area (Å²) >= 11 is 0. The van der Waals surface area contributed by atoms with Crippen LogP contribution in [0.4, 0.5) is 4.79 Å². The van der Waals surface area contributed by atoms with Crippen LogP contribution < -0.4 is 0 Å². The molecule has 1 saturated heterocycles. The van der Waals surface area contributed by atoms with Crippen molar-refractivity contribution in [3.05, 3.63) is 41.2 Å². The molecule has 0 radical (unpaired) electrons.